The Balaban J connectivity index is 1.54. The minimum Gasteiger partial charge on any atom is -0.341 e. The Hall–Kier alpha value is -2.02. The largest absolute Gasteiger partial charge is 0.341 e. The van der Waals surface area contributed by atoms with Crippen LogP contribution in [0.15, 0.2) is 12.4 Å². The van der Waals surface area contributed by atoms with Crippen molar-refractivity contribution < 1.29 is 0 Å². The van der Waals surface area contributed by atoms with E-state index in [0.29, 0.717) is 6.54 Å². The summed E-state index contributed by atoms with van der Waals surface area (Å²) in [6.45, 7) is 6.79. The Bertz CT molecular complexity index is 586. The van der Waals surface area contributed by atoms with Crippen LogP contribution in [-0.2, 0) is 6.54 Å². The summed E-state index contributed by atoms with van der Waals surface area (Å²) in [5.74, 6) is 2.46. The van der Waals surface area contributed by atoms with Gasteiger partial charge >= 0.3 is 0 Å². The fraction of sp³-hybridized carbons (Fsp3) is 0.600. The third kappa shape index (κ3) is 3.59. The standard InChI is InChI=1S/C15H23N7/c1-11(14-19-12(2)20-21-14)16-8-13-9-17-15(18-10-13)22-6-4-3-5-7-22/h9-11,16H,3-8H2,1-2H3,(H,19,20,21). The van der Waals surface area contributed by atoms with E-state index in [1.807, 2.05) is 26.2 Å². The van der Waals surface area contributed by atoms with Crippen LogP contribution in [-0.4, -0.2) is 38.2 Å². The molecule has 1 saturated heterocycles. The maximum Gasteiger partial charge on any atom is 0.225 e. The highest BCUT2D eigenvalue weighted by Crippen LogP contribution is 2.15. The van der Waals surface area contributed by atoms with Crippen LogP contribution in [0.2, 0.25) is 0 Å². The lowest BCUT2D eigenvalue weighted by molar-refractivity contribution is 0.544. The first-order chi connectivity index (χ1) is 10.7. The van der Waals surface area contributed by atoms with Gasteiger partial charge in [0.05, 0.1) is 6.04 Å². The van der Waals surface area contributed by atoms with Gasteiger partial charge in [-0.2, -0.15) is 5.10 Å². The Morgan fingerprint density at radius 3 is 2.59 bits per heavy atom. The molecule has 2 N–H and O–H groups in total. The average molecular weight is 301 g/mol. The molecule has 1 atom stereocenters. The molecule has 7 heteroatoms. The molecule has 0 aromatic carbocycles. The molecule has 1 unspecified atom stereocenters. The summed E-state index contributed by atoms with van der Waals surface area (Å²) in [6.07, 6.45) is 7.59. The Morgan fingerprint density at radius 1 is 1.23 bits per heavy atom. The van der Waals surface area contributed by atoms with E-state index in [1.165, 1.54) is 19.3 Å². The molecule has 0 spiro atoms. The van der Waals surface area contributed by atoms with Crippen molar-refractivity contribution >= 4 is 5.95 Å². The van der Waals surface area contributed by atoms with E-state index in [1.54, 1.807) is 0 Å². The molecule has 1 aliphatic heterocycles. The number of H-pyrrole nitrogens is 1. The predicted octanol–water partition coefficient (Wildman–Crippen LogP) is 1.74. The van der Waals surface area contributed by atoms with E-state index in [0.717, 1.165) is 36.3 Å². The van der Waals surface area contributed by atoms with Crippen LogP contribution in [0.4, 0.5) is 5.95 Å². The van der Waals surface area contributed by atoms with Gasteiger partial charge < -0.3 is 10.2 Å². The van der Waals surface area contributed by atoms with Crippen molar-refractivity contribution in [3.05, 3.63) is 29.6 Å². The Kier molecular flexibility index (Phi) is 4.62. The molecule has 22 heavy (non-hydrogen) atoms. The van der Waals surface area contributed by atoms with Gasteiger partial charge in [0.25, 0.3) is 0 Å². The minimum absolute atomic E-state index is 0.0896. The second-order valence-corrected chi connectivity index (χ2v) is 5.82. The van der Waals surface area contributed by atoms with Crippen molar-refractivity contribution in [3.63, 3.8) is 0 Å². The second kappa shape index (κ2) is 6.83. The number of aromatic nitrogens is 5. The molecule has 3 rings (SSSR count). The van der Waals surface area contributed by atoms with Gasteiger partial charge in [-0.25, -0.2) is 15.0 Å². The minimum atomic E-state index is 0.0896. The molecule has 0 saturated carbocycles. The summed E-state index contributed by atoms with van der Waals surface area (Å²) in [7, 11) is 0. The smallest absolute Gasteiger partial charge is 0.225 e. The molecular formula is C15H23N7. The lowest BCUT2D eigenvalue weighted by Gasteiger charge is -2.26. The molecular weight excluding hydrogens is 278 g/mol. The van der Waals surface area contributed by atoms with Gasteiger partial charge in [-0.05, 0) is 33.1 Å². The number of anilines is 1. The monoisotopic (exact) mass is 301 g/mol. The third-order valence-electron chi connectivity index (χ3n) is 3.94. The first-order valence-corrected chi connectivity index (χ1v) is 7.90. The summed E-state index contributed by atoms with van der Waals surface area (Å²) in [5.41, 5.74) is 1.07. The van der Waals surface area contributed by atoms with E-state index >= 15 is 0 Å². The van der Waals surface area contributed by atoms with E-state index in [4.69, 9.17) is 0 Å². The van der Waals surface area contributed by atoms with Crippen molar-refractivity contribution in [1.29, 1.82) is 0 Å². The maximum absolute atomic E-state index is 4.49. The fourth-order valence-corrected chi connectivity index (χ4v) is 2.61. The van der Waals surface area contributed by atoms with Gasteiger partial charge in [-0.15, -0.1) is 0 Å². The molecule has 0 aliphatic carbocycles. The molecule has 0 amide bonds. The zero-order valence-corrected chi connectivity index (χ0v) is 13.2. The van der Waals surface area contributed by atoms with Crippen LogP contribution in [0.3, 0.4) is 0 Å². The molecule has 0 radical (unpaired) electrons. The molecule has 2 aromatic heterocycles. The quantitative estimate of drug-likeness (QED) is 0.875. The number of hydrogen-bond acceptors (Lipinski definition) is 6. The fourth-order valence-electron chi connectivity index (χ4n) is 2.61. The molecule has 2 aromatic rings. The van der Waals surface area contributed by atoms with E-state index in [9.17, 15) is 0 Å². The maximum atomic E-state index is 4.49. The SMILES string of the molecule is Cc1nc(C(C)NCc2cnc(N3CCCCC3)nc2)n[nH]1. The molecule has 3 heterocycles. The summed E-state index contributed by atoms with van der Waals surface area (Å²) < 4.78 is 0. The molecule has 118 valence electrons. The highest BCUT2D eigenvalue weighted by Gasteiger charge is 2.13. The van der Waals surface area contributed by atoms with Crippen LogP contribution in [0, 0.1) is 6.92 Å². The lowest BCUT2D eigenvalue weighted by Crippen LogP contribution is -2.31. The first kappa shape index (κ1) is 14.9. The molecule has 0 bridgehead atoms. The van der Waals surface area contributed by atoms with E-state index in [-0.39, 0.29) is 6.04 Å². The van der Waals surface area contributed by atoms with Crippen molar-refractivity contribution in [2.24, 2.45) is 0 Å². The summed E-state index contributed by atoms with van der Waals surface area (Å²) >= 11 is 0. The lowest BCUT2D eigenvalue weighted by atomic mass is 10.1. The normalized spacial score (nSPS) is 16.7. The van der Waals surface area contributed by atoms with Gasteiger partial charge in [0, 0.05) is 37.6 Å². The van der Waals surface area contributed by atoms with Crippen LogP contribution < -0.4 is 10.2 Å². The Morgan fingerprint density at radius 2 is 1.95 bits per heavy atom. The zero-order valence-electron chi connectivity index (χ0n) is 13.2. The molecule has 1 aliphatic rings. The number of rotatable bonds is 5. The van der Waals surface area contributed by atoms with Gasteiger partial charge in [0.2, 0.25) is 5.95 Å². The van der Waals surface area contributed by atoms with Crippen LogP contribution in [0.1, 0.15) is 49.4 Å². The van der Waals surface area contributed by atoms with Gasteiger partial charge in [-0.1, -0.05) is 0 Å². The summed E-state index contributed by atoms with van der Waals surface area (Å²) in [4.78, 5) is 15.6. The predicted molar refractivity (Wildman–Crippen MR) is 84.5 cm³/mol. The van der Waals surface area contributed by atoms with Crippen LogP contribution in [0.5, 0.6) is 0 Å². The van der Waals surface area contributed by atoms with Gasteiger partial charge in [0.1, 0.15) is 5.82 Å². The van der Waals surface area contributed by atoms with Crippen LogP contribution in [0.25, 0.3) is 0 Å². The summed E-state index contributed by atoms with van der Waals surface area (Å²) in [6, 6.07) is 0.0896. The first-order valence-electron chi connectivity index (χ1n) is 7.90. The number of aromatic amines is 1. The van der Waals surface area contributed by atoms with Gasteiger partial charge in [0.15, 0.2) is 5.82 Å². The van der Waals surface area contributed by atoms with Crippen molar-refractivity contribution in [2.75, 3.05) is 18.0 Å². The number of piperidine rings is 1. The molecule has 7 nitrogen and oxygen atoms in total. The average Bonchev–Trinajstić information content (AvgIpc) is 3.00. The van der Waals surface area contributed by atoms with Crippen molar-refractivity contribution in [2.45, 2.75) is 45.7 Å². The summed E-state index contributed by atoms with van der Waals surface area (Å²) in [5, 5.41) is 10.4. The van der Waals surface area contributed by atoms with Crippen molar-refractivity contribution in [1.82, 2.24) is 30.5 Å². The third-order valence-corrected chi connectivity index (χ3v) is 3.94. The Labute approximate surface area is 130 Å². The highest BCUT2D eigenvalue weighted by molar-refractivity contribution is 5.30. The van der Waals surface area contributed by atoms with Crippen LogP contribution >= 0.6 is 0 Å². The number of nitrogens with zero attached hydrogens (tertiary/aromatic N) is 5. The number of nitrogens with one attached hydrogen (secondary N) is 2. The number of hydrogen-bond donors (Lipinski definition) is 2. The van der Waals surface area contributed by atoms with Crippen molar-refractivity contribution in [3.8, 4) is 0 Å². The zero-order chi connectivity index (χ0) is 15.4. The molecule has 1 fully saturated rings. The number of aryl methyl sites for hydroxylation is 1. The van der Waals surface area contributed by atoms with E-state index < -0.39 is 0 Å². The van der Waals surface area contributed by atoms with E-state index in [2.05, 4.69) is 35.4 Å². The highest BCUT2D eigenvalue weighted by atomic mass is 15.2. The topological polar surface area (TPSA) is 82.6 Å². The second-order valence-electron chi connectivity index (χ2n) is 5.82. The van der Waals surface area contributed by atoms with Gasteiger partial charge in [-0.3, -0.25) is 5.10 Å².